The third-order valence-electron chi connectivity index (χ3n) is 3.50. The van der Waals surface area contributed by atoms with Gasteiger partial charge in [0.1, 0.15) is 0 Å². The van der Waals surface area contributed by atoms with E-state index >= 15 is 0 Å². The lowest BCUT2D eigenvalue weighted by Gasteiger charge is -2.36. The van der Waals surface area contributed by atoms with Gasteiger partial charge in [-0.2, -0.15) is 0 Å². The van der Waals surface area contributed by atoms with E-state index in [0.717, 1.165) is 4.88 Å². The molecule has 102 valence electrons. The molecular weight excluding hydrogens is 262 g/mol. The number of hydrogen-bond acceptors (Lipinski definition) is 3. The van der Waals surface area contributed by atoms with Crippen molar-refractivity contribution >= 4 is 23.2 Å². The van der Waals surface area contributed by atoms with Crippen LogP contribution in [-0.4, -0.2) is 28.4 Å². The van der Waals surface area contributed by atoms with Crippen LogP contribution in [0.4, 0.5) is 0 Å². The highest BCUT2D eigenvalue weighted by Gasteiger charge is 2.42. The van der Waals surface area contributed by atoms with E-state index in [4.69, 9.17) is 5.11 Å². The van der Waals surface area contributed by atoms with Gasteiger partial charge in [-0.15, -0.1) is 17.9 Å². The van der Waals surface area contributed by atoms with E-state index in [9.17, 15) is 9.59 Å². The van der Waals surface area contributed by atoms with E-state index in [1.165, 1.54) is 0 Å². The second-order valence-electron chi connectivity index (χ2n) is 4.72. The maximum absolute atomic E-state index is 12.4. The third kappa shape index (κ3) is 3.04. The Bertz CT molecular complexity index is 469. The van der Waals surface area contributed by atoms with Crippen molar-refractivity contribution in [2.75, 3.05) is 6.54 Å². The van der Waals surface area contributed by atoms with E-state index in [2.05, 4.69) is 6.58 Å². The summed E-state index contributed by atoms with van der Waals surface area (Å²) < 4.78 is 0. The average Bonchev–Trinajstić information content (AvgIpc) is 2.78. The Morgan fingerprint density at radius 2 is 2.21 bits per heavy atom. The first-order valence-electron chi connectivity index (χ1n) is 6.28. The number of carboxylic acids is 1. The molecule has 4 nitrogen and oxygen atoms in total. The molecule has 1 aromatic heterocycles. The van der Waals surface area contributed by atoms with Crippen LogP contribution >= 0.6 is 11.3 Å². The van der Waals surface area contributed by atoms with Crippen molar-refractivity contribution in [3.63, 3.8) is 0 Å². The van der Waals surface area contributed by atoms with Gasteiger partial charge < -0.3 is 10.0 Å². The zero-order chi connectivity index (χ0) is 13.8. The molecule has 2 atom stereocenters. The standard InChI is InChI=1S/C14H17NO3S/c1-2-7-15(9-10-4-3-8-19-10)13(16)11-5-6-12(11)14(17)18/h2-4,8,11-12H,1,5-7,9H2,(H,17,18). The van der Waals surface area contributed by atoms with Gasteiger partial charge in [-0.25, -0.2) is 0 Å². The van der Waals surface area contributed by atoms with Gasteiger partial charge in [-0.1, -0.05) is 12.1 Å². The fourth-order valence-electron chi connectivity index (χ4n) is 2.30. The first kappa shape index (κ1) is 13.8. The molecule has 1 heterocycles. The van der Waals surface area contributed by atoms with Crippen LogP contribution in [0.3, 0.4) is 0 Å². The zero-order valence-electron chi connectivity index (χ0n) is 10.6. The highest BCUT2D eigenvalue weighted by molar-refractivity contribution is 7.09. The van der Waals surface area contributed by atoms with Crippen LogP contribution in [0.1, 0.15) is 17.7 Å². The van der Waals surface area contributed by atoms with Crippen LogP contribution in [0.2, 0.25) is 0 Å². The minimum absolute atomic E-state index is 0.0630. The second kappa shape index (κ2) is 6.02. The van der Waals surface area contributed by atoms with Gasteiger partial charge in [0.05, 0.1) is 18.4 Å². The molecule has 2 unspecified atom stereocenters. The number of carboxylic acid groups (broad SMARTS) is 1. The summed E-state index contributed by atoms with van der Waals surface area (Å²) in [6, 6.07) is 3.92. The number of carbonyl (C=O) groups is 2. The van der Waals surface area contributed by atoms with E-state index in [1.807, 2.05) is 17.5 Å². The van der Waals surface area contributed by atoms with Gasteiger partial charge in [-0.3, -0.25) is 9.59 Å². The molecule has 2 rings (SSSR count). The van der Waals surface area contributed by atoms with Gasteiger partial charge in [0, 0.05) is 11.4 Å². The summed E-state index contributed by atoms with van der Waals surface area (Å²) in [5.41, 5.74) is 0. The lowest BCUT2D eigenvalue weighted by Crippen LogP contribution is -2.45. The Balaban J connectivity index is 2.04. The zero-order valence-corrected chi connectivity index (χ0v) is 11.4. The summed E-state index contributed by atoms with van der Waals surface area (Å²) in [6.45, 7) is 4.65. The van der Waals surface area contributed by atoms with Crippen LogP contribution in [-0.2, 0) is 16.1 Å². The lowest BCUT2D eigenvalue weighted by atomic mass is 9.73. The summed E-state index contributed by atoms with van der Waals surface area (Å²) in [5, 5.41) is 11.0. The monoisotopic (exact) mass is 279 g/mol. The number of hydrogen-bond donors (Lipinski definition) is 1. The second-order valence-corrected chi connectivity index (χ2v) is 5.75. The SMILES string of the molecule is C=CCN(Cc1cccs1)C(=O)C1CCC1C(=O)O. The highest BCUT2D eigenvalue weighted by Crippen LogP contribution is 2.36. The van der Waals surface area contributed by atoms with Crippen molar-refractivity contribution in [1.29, 1.82) is 0 Å². The largest absolute Gasteiger partial charge is 0.481 e. The fourth-order valence-corrected chi connectivity index (χ4v) is 3.02. The molecule has 1 aliphatic carbocycles. The first-order chi connectivity index (χ1) is 9.13. The maximum atomic E-state index is 12.4. The summed E-state index contributed by atoms with van der Waals surface area (Å²) >= 11 is 1.59. The van der Waals surface area contributed by atoms with Crippen LogP contribution in [0, 0.1) is 11.8 Å². The molecule has 5 heteroatoms. The van der Waals surface area contributed by atoms with Gasteiger partial charge in [0.15, 0.2) is 0 Å². The van der Waals surface area contributed by atoms with E-state index in [0.29, 0.717) is 25.9 Å². The third-order valence-corrected chi connectivity index (χ3v) is 4.36. The van der Waals surface area contributed by atoms with Crippen molar-refractivity contribution in [2.24, 2.45) is 11.8 Å². The summed E-state index contributed by atoms with van der Waals surface area (Å²) in [4.78, 5) is 26.2. The minimum Gasteiger partial charge on any atom is -0.481 e. The van der Waals surface area contributed by atoms with Crippen LogP contribution < -0.4 is 0 Å². The summed E-state index contributed by atoms with van der Waals surface area (Å²) in [6.07, 6.45) is 2.96. The molecule has 0 bridgehead atoms. The normalized spacial score (nSPS) is 21.5. The highest BCUT2D eigenvalue weighted by atomic mass is 32.1. The van der Waals surface area contributed by atoms with E-state index in [1.54, 1.807) is 22.3 Å². The number of carbonyl (C=O) groups excluding carboxylic acids is 1. The topological polar surface area (TPSA) is 57.6 Å². The predicted molar refractivity (Wildman–Crippen MR) is 73.8 cm³/mol. The van der Waals surface area contributed by atoms with Crippen molar-refractivity contribution in [2.45, 2.75) is 19.4 Å². The van der Waals surface area contributed by atoms with Crippen molar-refractivity contribution in [3.05, 3.63) is 35.0 Å². The molecule has 1 amide bonds. The van der Waals surface area contributed by atoms with Crippen LogP contribution in [0.25, 0.3) is 0 Å². The van der Waals surface area contributed by atoms with Crippen LogP contribution in [0.5, 0.6) is 0 Å². The van der Waals surface area contributed by atoms with Crippen molar-refractivity contribution in [3.8, 4) is 0 Å². The molecule has 1 saturated carbocycles. The Kier molecular flexibility index (Phi) is 4.37. The Labute approximate surface area is 116 Å². The lowest BCUT2D eigenvalue weighted by molar-refractivity contribution is -0.156. The summed E-state index contributed by atoms with van der Waals surface area (Å²) in [7, 11) is 0. The molecule has 1 aromatic rings. The maximum Gasteiger partial charge on any atom is 0.307 e. The molecule has 0 spiro atoms. The molecule has 1 aliphatic rings. The molecular formula is C14H17NO3S. The molecule has 0 saturated heterocycles. The smallest absolute Gasteiger partial charge is 0.307 e. The van der Waals surface area contributed by atoms with Crippen molar-refractivity contribution < 1.29 is 14.7 Å². The van der Waals surface area contributed by atoms with Gasteiger partial charge in [0.2, 0.25) is 5.91 Å². The van der Waals surface area contributed by atoms with Gasteiger partial charge in [0.25, 0.3) is 0 Å². The molecule has 1 N–H and O–H groups in total. The molecule has 19 heavy (non-hydrogen) atoms. The number of thiophene rings is 1. The number of rotatable bonds is 6. The van der Waals surface area contributed by atoms with Gasteiger partial charge >= 0.3 is 5.97 Å². The molecule has 1 fully saturated rings. The Hall–Kier alpha value is -1.62. The Morgan fingerprint density at radius 1 is 1.47 bits per heavy atom. The van der Waals surface area contributed by atoms with Crippen molar-refractivity contribution in [1.82, 2.24) is 4.90 Å². The average molecular weight is 279 g/mol. The van der Waals surface area contributed by atoms with E-state index < -0.39 is 11.9 Å². The molecule has 0 aromatic carbocycles. The number of aliphatic carboxylic acids is 1. The number of nitrogens with zero attached hydrogens (tertiary/aromatic N) is 1. The molecule has 0 radical (unpaired) electrons. The number of amides is 1. The van der Waals surface area contributed by atoms with Crippen LogP contribution in [0.15, 0.2) is 30.2 Å². The quantitative estimate of drug-likeness (QED) is 0.813. The van der Waals surface area contributed by atoms with E-state index in [-0.39, 0.29) is 11.8 Å². The minimum atomic E-state index is -0.862. The van der Waals surface area contributed by atoms with Gasteiger partial charge in [-0.05, 0) is 24.3 Å². The summed E-state index contributed by atoms with van der Waals surface area (Å²) in [5.74, 6) is -1.80. The fraction of sp³-hybridized carbons (Fsp3) is 0.429. The Morgan fingerprint density at radius 3 is 2.68 bits per heavy atom. The molecule has 0 aliphatic heterocycles. The first-order valence-corrected chi connectivity index (χ1v) is 7.16. The predicted octanol–water partition coefficient (Wildman–Crippen LogP) is 2.37.